The average molecular weight is 355 g/mol. The Bertz CT molecular complexity index is 348. The van der Waals surface area contributed by atoms with E-state index in [0.29, 0.717) is 6.61 Å². The molecule has 0 amide bonds. The smallest absolute Gasteiger partial charge is 0.337 e. The zero-order valence-corrected chi connectivity index (χ0v) is 17.5. The van der Waals surface area contributed by atoms with Crippen molar-refractivity contribution in [2.24, 2.45) is 0 Å². The summed E-state index contributed by atoms with van der Waals surface area (Å²) in [5.74, 6) is -0.905. The molecule has 1 N–H and O–H groups in total. The van der Waals surface area contributed by atoms with Crippen LogP contribution in [0.25, 0.3) is 0 Å². The molecule has 0 aromatic heterocycles. The lowest BCUT2D eigenvalue weighted by molar-refractivity contribution is -0.134. The fourth-order valence-electron chi connectivity index (χ4n) is 2.42. The molecule has 0 rings (SSSR count). The molecule has 0 aliphatic rings. The van der Waals surface area contributed by atoms with Crippen molar-refractivity contribution in [1.29, 1.82) is 0 Å². The summed E-state index contributed by atoms with van der Waals surface area (Å²) in [4.78, 5) is 11.0. The quantitative estimate of drug-likeness (QED) is 0.608. The number of rotatable bonds is 10. The van der Waals surface area contributed by atoms with E-state index in [9.17, 15) is 4.79 Å². The second-order valence-electron chi connectivity index (χ2n) is 6.31. The van der Waals surface area contributed by atoms with Gasteiger partial charge in [-0.1, -0.05) is 0 Å². The molecule has 0 spiro atoms. The van der Waals surface area contributed by atoms with Crippen molar-refractivity contribution >= 4 is 31.7 Å². The van der Waals surface area contributed by atoms with Crippen LogP contribution in [0.5, 0.6) is 0 Å². The molecule has 0 aliphatic carbocycles. The number of carbonyl (C=O) groups is 1. The summed E-state index contributed by atoms with van der Waals surface area (Å²) in [5.41, 5.74) is 0. The summed E-state index contributed by atoms with van der Waals surface area (Å²) in [6.07, 6.45) is 0.0889. The minimum atomic E-state index is -2.78. The van der Waals surface area contributed by atoms with Gasteiger partial charge in [0, 0.05) is 12.7 Å². The first kappa shape index (κ1) is 21.0. The number of hydrogen-bond acceptors (Lipinski definition) is 5. The lowest BCUT2D eigenvalue weighted by Crippen LogP contribution is -2.56. The summed E-state index contributed by atoms with van der Waals surface area (Å²) < 4.78 is 23.8. The number of carboxylic acid groups (broad SMARTS) is 1. The molecule has 0 fully saturated rings. The fraction of sp³-hybridized carbons (Fsp3) is 0.917. The van der Waals surface area contributed by atoms with E-state index in [1.165, 1.54) is 0 Å². The number of carboxylic acids is 1. The third kappa shape index (κ3) is 9.55. The average Bonchev–Trinajstić information content (AvgIpc) is 2.08. The topological polar surface area (TPSA) is 74.2 Å². The first-order valence-corrected chi connectivity index (χ1v) is 15.4. The first-order chi connectivity index (χ1) is 9.31. The van der Waals surface area contributed by atoms with Gasteiger partial charge in [-0.15, -0.1) is 0 Å². The van der Waals surface area contributed by atoms with Crippen molar-refractivity contribution in [1.82, 2.24) is 0 Å². The van der Waals surface area contributed by atoms with Gasteiger partial charge in [0.1, 0.15) is 0 Å². The molecular weight excluding hydrogens is 324 g/mol. The molecule has 21 heavy (non-hydrogen) atoms. The van der Waals surface area contributed by atoms with Gasteiger partial charge in [0.2, 0.25) is 0 Å². The lowest BCUT2D eigenvalue weighted by Gasteiger charge is -2.38. The molecule has 126 valence electrons. The predicted molar refractivity (Wildman–Crippen MR) is 89.0 cm³/mol. The fourth-order valence-corrected chi connectivity index (χ4v) is 15.0. The van der Waals surface area contributed by atoms with E-state index in [1.807, 2.05) is 47.0 Å². The molecule has 0 bridgehead atoms. The van der Waals surface area contributed by atoms with Gasteiger partial charge in [-0.25, -0.2) is 0 Å². The molecule has 0 aromatic rings. The molecular formula is C12H30O6Si3. The van der Waals surface area contributed by atoms with Crippen LogP contribution in [0.3, 0.4) is 0 Å². The highest BCUT2D eigenvalue weighted by Gasteiger charge is 2.45. The Hall–Kier alpha value is -0.0394. The van der Waals surface area contributed by atoms with Gasteiger partial charge >= 0.3 is 31.7 Å². The monoisotopic (exact) mass is 354 g/mol. The highest BCUT2D eigenvalue weighted by atomic mass is 28.5. The second-order valence-corrected chi connectivity index (χ2v) is 16.7. The van der Waals surface area contributed by atoms with E-state index < -0.39 is 31.7 Å². The van der Waals surface area contributed by atoms with E-state index in [4.69, 9.17) is 22.2 Å². The summed E-state index contributed by atoms with van der Waals surface area (Å²) in [5, 5.41) is 9.06. The highest BCUT2D eigenvalue weighted by molar-refractivity contribution is 6.85. The zero-order chi connectivity index (χ0) is 16.9. The maximum absolute atomic E-state index is 11.0. The van der Waals surface area contributed by atoms with Gasteiger partial charge in [0.05, 0.1) is 6.04 Å². The summed E-state index contributed by atoms with van der Waals surface area (Å²) in [6.45, 7) is 15.8. The molecule has 9 heteroatoms. The van der Waals surface area contributed by atoms with Gasteiger partial charge < -0.3 is 22.2 Å². The molecule has 6 nitrogen and oxygen atoms in total. The summed E-state index contributed by atoms with van der Waals surface area (Å²) in [7, 11) is -7.63. The first-order valence-electron chi connectivity index (χ1n) is 7.25. The number of hydrogen-bond donors (Lipinski definition) is 1. The van der Waals surface area contributed by atoms with Crippen LogP contribution in [-0.4, -0.2) is 49.5 Å². The summed E-state index contributed by atoms with van der Waals surface area (Å²) >= 11 is 0. The molecule has 0 aromatic carbocycles. The highest BCUT2D eigenvalue weighted by Crippen LogP contribution is 2.24. The van der Waals surface area contributed by atoms with E-state index >= 15 is 0 Å². The SMILES string of the molecule is CCO[Si](C)(CC(=O)O)O[Si](C)(C)O[Si](C)(C)OC(C)C. The van der Waals surface area contributed by atoms with Crippen molar-refractivity contribution in [2.75, 3.05) is 6.61 Å². The van der Waals surface area contributed by atoms with E-state index in [2.05, 4.69) is 0 Å². The zero-order valence-electron chi connectivity index (χ0n) is 14.5. The van der Waals surface area contributed by atoms with Crippen LogP contribution in [0.2, 0.25) is 38.8 Å². The van der Waals surface area contributed by atoms with Crippen molar-refractivity contribution in [3.05, 3.63) is 0 Å². The Morgan fingerprint density at radius 2 is 1.57 bits per heavy atom. The van der Waals surface area contributed by atoms with Crippen molar-refractivity contribution in [3.63, 3.8) is 0 Å². The molecule has 1 atom stereocenters. The van der Waals surface area contributed by atoms with Gasteiger partial charge in [-0.3, -0.25) is 4.79 Å². The molecule has 0 heterocycles. The Kier molecular flexibility index (Phi) is 7.98. The maximum Gasteiger partial charge on any atom is 0.337 e. The van der Waals surface area contributed by atoms with Gasteiger partial charge in [-0.2, -0.15) is 0 Å². The van der Waals surface area contributed by atoms with Crippen LogP contribution in [0, 0.1) is 0 Å². The van der Waals surface area contributed by atoms with Gasteiger partial charge in [0.25, 0.3) is 0 Å². The van der Waals surface area contributed by atoms with Crippen LogP contribution in [0.1, 0.15) is 20.8 Å². The minimum absolute atomic E-state index is 0.0889. The maximum atomic E-state index is 11.0. The van der Waals surface area contributed by atoms with Crippen molar-refractivity contribution < 1.29 is 27.0 Å². The van der Waals surface area contributed by atoms with Crippen LogP contribution < -0.4 is 0 Å². The van der Waals surface area contributed by atoms with E-state index in [1.54, 1.807) is 6.55 Å². The molecule has 0 radical (unpaired) electrons. The van der Waals surface area contributed by atoms with Crippen LogP contribution in [-0.2, 0) is 21.9 Å². The van der Waals surface area contributed by atoms with Crippen molar-refractivity contribution in [3.8, 4) is 0 Å². The lowest BCUT2D eigenvalue weighted by atomic mass is 10.5. The van der Waals surface area contributed by atoms with E-state index in [-0.39, 0.29) is 12.1 Å². The second kappa shape index (κ2) is 7.99. The minimum Gasteiger partial charge on any atom is -0.481 e. The Morgan fingerprint density at radius 1 is 1.05 bits per heavy atom. The molecule has 0 saturated heterocycles. The Balaban J connectivity index is 4.92. The predicted octanol–water partition coefficient (Wildman–Crippen LogP) is 3.04. The van der Waals surface area contributed by atoms with Crippen LogP contribution >= 0.6 is 0 Å². The molecule has 1 unspecified atom stereocenters. The largest absolute Gasteiger partial charge is 0.481 e. The van der Waals surface area contributed by atoms with Gasteiger partial charge in [-0.05, 0) is 53.5 Å². The third-order valence-electron chi connectivity index (χ3n) is 2.39. The van der Waals surface area contributed by atoms with E-state index in [0.717, 1.165) is 0 Å². The molecule has 0 aliphatic heterocycles. The normalized spacial score (nSPS) is 16.0. The Labute approximate surface area is 131 Å². The van der Waals surface area contributed by atoms with Crippen LogP contribution in [0.15, 0.2) is 0 Å². The third-order valence-corrected chi connectivity index (χ3v) is 12.9. The van der Waals surface area contributed by atoms with Crippen molar-refractivity contribution in [2.45, 2.75) is 65.7 Å². The van der Waals surface area contributed by atoms with Gasteiger partial charge in [0.15, 0.2) is 0 Å². The number of aliphatic carboxylic acids is 1. The molecule has 0 saturated carbocycles. The van der Waals surface area contributed by atoms with Crippen LogP contribution in [0.4, 0.5) is 0 Å². The Morgan fingerprint density at radius 3 is 1.95 bits per heavy atom. The standard InChI is InChI=1S/C12H30O6Si3/c1-9-15-21(8,10-12(13)14)18-20(6,7)17-19(4,5)16-11(2)3/h11H,9-10H2,1-8H3,(H,13,14). The summed E-state index contributed by atoms with van der Waals surface area (Å²) in [6, 6.07) is -0.0896.